The second kappa shape index (κ2) is 8.29. The van der Waals surface area contributed by atoms with Gasteiger partial charge >= 0.3 is 209 Å². The molecule has 3 heterocycles. The van der Waals surface area contributed by atoms with Crippen LogP contribution in [0.5, 0.6) is 0 Å². The van der Waals surface area contributed by atoms with Crippen molar-refractivity contribution in [2.45, 2.75) is 0 Å². The van der Waals surface area contributed by atoms with Gasteiger partial charge in [0.15, 0.2) is 0 Å². The number of hydrogen-bond donors (Lipinski definition) is 0. The Labute approximate surface area is 207 Å². The molecule has 2 aromatic carbocycles. The summed E-state index contributed by atoms with van der Waals surface area (Å²) in [6, 6.07) is 21.5. The van der Waals surface area contributed by atoms with E-state index in [0.29, 0.717) is 3.88 Å². The van der Waals surface area contributed by atoms with Crippen LogP contribution in [-0.4, -0.2) is 91.3 Å². The number of hydrogen-bond acceptors (Lipinski definition) is 3. The summed E-state index contributed by atoms with van der Waals surface area (Å²) in [5.74, 6) is -0.726. The van der Waals surface area contributed by atoms with E-state index in [1.54, 1.807) is 35.4 Å². The zero-order chi connectivity index (χ0) is 20.8. The molecule has 0 N–H and O–H groups in total. The molecule has 0 bridgehead atoms. The van der Waals surface area contributed by atoms with E-state index in [0.717, 1.165) is 3.58 Å². The Kier molecular flexibility index (Phi) is 5.68. The van der Waals surface area contributed by atoms with Gasteiger partial charge < -0.3 is 0 Å². The predicted molar refractivity (Wildman–Crippen MR) is 122 cm³/mol. The van der Waals surface area contributed by atoms with Gasteiger partial charge in [-0.1, -0.05) is 0 Å². The molecule has 0 saturated carbocycles. The fourth-order valence-corrected chi connectivity index (χ4v) is 9.61. The van der Waals surface area contributed by atoms with E-state index in [4.69, 9.17) is 0 Å². The number of carbonyl (C=O) groups is 2. The molecule has 0 fully saturated rings. The number of aliphatic imine (C=N–C) groups is 1. The van der Waals surface area contributed by atoms with Crippen molar-refractivity contribution in [3.63, 3.8) is 0 Å². The van der Waals surface area contributed by atoms with E-state index in [1.807, 2.05) is 6.07 Å². The topological polar surface area (TPSA) is 53.0 Å². The van der Waals surface area contributed by atoms with Gasteiger partial charge in [0.1, 0.15) is 0 Å². The molecule has 0 aliphatic carbocycles. The number of carbonyl (C=O) groups excluding carboxylic acids is 2. The Morgan fingerprint density at radius 2 is 1.57 bits per heavy atom. The van der Waals surface area contributed by atoms with Crippen LogP contribution in [0, 0.1) is 0 Å². The zero-order valence-electron chi connectivity index (χ0n) is 15.7. The summed E-state index contributed by atoms with van der Waals surface area (Å²) in [6.07, 6.45) is 1.75. The van der Waals surface area contributed by atoms with Gasteiger partial charge in [-0.2, -0.15) is 0 Å². The Morgan fingerprint density at radius 1 is 0.933 bits per heavy atom. The number of amidine groups is 1. The number of likely N-dealkylation sites (N-methyl/N-ethyl adjacent to an activating group) is 1. The maximum atomic E-state index is 12.6. The third kappa shape index (κ3) is 3.61. The quantitative estimate of drug-likeness (QED) is 0.176. The number of para-hydroxylation sites is 2. The molecular formula is C22H14N3O2Te3. The van der Waals surface area contributed by atoms with Crippen LogP contribution in [0.4, 0.5) is 15.1 Å². The summed E-state index contributed by atoms with van der Waals surface area (Å²) < 4.78 is 5.65. The average Bonchev–Trinajstić information content (AvgIpc) is 3.21. The Hall–Kier alpha value is -1.36. The summed E-state index contributed by atoms with van der Waals surface area (Å²) in [5.41, 5.74) is 2.69. The SMILES string of the molecule is CN1C(=O)/C(=C/c2ccc(N3c4ccccc4[Te]c4ccccc43)[te]2)C(=O)N=C1[Te]. The summed E-state index contributed by atoms with van der Waals surface area (Å²) >= 11 is 0.416. The second-order valence-corrected chi connectivity index (χ2v) is 13.9. The van der Waals surface area contributed by atoms with Gasteiger partial charge in [-0.3, -0.25) is 0 Å². The predicted octanol–water partition coefficient (Wildman–Crippen LogP) is 1.09. The van der Waals surface area contributed by atoms with Crippen LogP contribution in [0.2, 0.25) is 0 Å². The number of anilines is 3. The molecule has 5 rings (SSSR count). The first-order valence-corrected chi connectivity index (χ1v) is 14.9. The van der Waals surface area contributed by atoms with Crippen LogP contribution in [0.25, 0.3) is 6.08 Å². The van der Waals surface area contributed by atoms with Crippen molar-refractivity contribution >= 4 is 108 Å². The average molecular weight is 735 g/mol. The molecule has 147 valence electrons. The molecular weight excluding hydrogens is 721 g/mol. The number of benzene rings is 2. The molecule has 3 aromatic rings. The van der Waals surface area contributed by atoms with Crippen molar-refractivity contribution in [2.75, 3.05) is 11.9 Å². The van der Waals surface area contributed by atoms with Crippen molar-refractivity contribution < 1.29 is 9.59 Å². The van der Waals surface area contributed by atoms with Crippen molar-refractivity contribution in [2.24, 2.45) is 4.99 Å². The monoisotopic (exact) mass is 742 g/mol. The summed E-state index contributed by atoms with van der Waals surface area (Å²) in [4.78, 5) is 32.7. The number of fused-ring (bicyclic) bond motifs is 2. The fraction of sp³-hybridized carbons (Fsp3) is 0.0455. The Bertz CT molecular complexity index is 1220. The van der Waals surface area contributed by atoms with Crippen LogP contribution in [0.15, 0.2) is 71.2 Å². The van der Waals surface area contributed by atoms with E-state index >= 15 is 0 Å². The van der Waals surface area contributed by atoms with E-state index in [-0.39, 0.29) is 11.5 Å². The van der Waals surface area contributed by atoms with E-state index < -0.39 is 47.3 Å². The van der Waals surface area contributed by atoms with Crippen molar-refractivity contribution in [3.05, 3.63) is 69.8 Å². The minimum atomic E-state index is -0.761. The van der Waals surface area contributed by atoms with Gasteiger partial charge in [0.25, 0.3) is 0 Å². The molecule has 8 heteroatoms. The number of nitrogens with zero attached hydrogens (tertiary/aromatic N) is 3. The van der Waals surface area contributed by atoms with E-state index in [9.17, 15) is 9.59 Å². The third-order valence-electron chi connectivity index (χ3n) is 4.80. The first-order valence-electron chi connectivity index (χ1n) is 9.08. The van der Waals surface area contributed by atoms with Crippen LogP contribution in [0.3, 0.4) is 0 Å². The number of rotatable bonds is 2. The van der Waals surface area contributed by atoms with E-state index in [1.165, 1.54) is 27.2 Å². The molecule has 30 heavy (non-hydrogen) atoms. The van der Waals surface area contributed by atoms with Gasteiger partial charge in [0.2, 0.25) is 0 Å². The van der Waals surface area contributed by atoms with Crippen LogP contribution in [0.1, 0.15) is 3.58 Å². The molecule has 0 atom stereocenters. The molecule has 2 aliphatic heterocycles. The van der Waals surface area contributed by atoms with Crippen molar-refractivity contribution in [1.82, 2.24) is 4.90 Å². The Morgan fingerprint density at radius 3 is 2.23 bits per heavy atom. The molecule has 0 spiro atoms. The zero-order valence-corrected chi connectivity index (χ0v) is 22.7. The van der Waals surface area contributed by atoms with Crippen LogP contribution >= 0.6 is 0 Å². The standard InChI is InChI=1S/C22H14N3O2Te3/c1-24-21(27)14(20(26)23-22(24)28)12-13-10-11-19(29-13)25-15-6-2-4-8-17(15)30-18-9-5-3-7-16(18)25/h2-12H,1H3/b14-12+. The van der Waals surface area contributed by atoms with Gasteiger partial charge in [0.05, 0.1) is 0 Å². The van der Waals surface area contributed by atoms with E-state index in [2.05, 4.69) is 64.5 Å². The van der Waals surface area contributed by atoms with Crippen LogP contribution < -0.4 is 12.1 Å². The van der Waals surface area contributed by atoms with Gasteiger partial charge in [-0.25, -0.2) is 0 Å². The molecule has 2 amide bonds. The van der Waals surface area contributed by atoms with Gasteiger partial charge in [-0.05, 0) is 0 Å². The molecule has 1 radical (unpaired) electrons. The van der Waals surface area contributed by atoms with Gasteiger partial charge in [0, 0.05) is 0 Å². The molecule has 2 aliphatic rings. The minimum absolute atomic E-state index is 0.155. The second-order valence-electron chi connectivity index (χ2n) is 6.67. The summed E-state index contributed by atoms with van der Waals surface area (Å²) in [6.45, 7) is 0. The first-order chi connectivity index (χ1) is 14.5. The first kappa shape index (κ1) is 20.5. The van der Waals surface area contributed by atoms with Crippen LogP contribution in [-0.2, 0) is 9.59 Å². The molecule has 0 unspecified atom stereocenters. The molecule has 1 aromatic heterocycles. The third-order valence-corrected chi connectivity index (χ3v) is 12.0. The Balaban J connectivity index is 1.57. The van der Waals surface area contributed by atoms with Crippen molar-refractivity contribution in [3.8, 4) is 0 Å². The van der Waals surface area contributed by atoms with Gasteiger partial charge in [-0.15, -0.1) is 0 Å². The summed E-state index contributed by atoms with van der Waals surface area (Å²) in [5, 5.41) is 0. The summed E-state index contributed by atoms with van der Waals surface area (Å²) in [7, 11) is 1.65. The number of amides is 2. The maximum absolute atomic E-state index is 12.6. The van der Waals surface area contributed by atoms with Crippen molar-refractivity contribution in [1.29, 1.82) is 0 Å². The normalized spacial score (nSPS) is 17.1. The fourth-order valence-electron chi connectivity index (χ4n) is 3.33. The molecule has 5 nitrogen and oxygen atoms in total. The molecule has 0 saturated heterocycles.